The van der Waals surface area contributed by atoms with Gasteiger partial charge in [0.15, 0.2) is 0 Å². The van der Waals surface area contributed by atoms with Crippen LogP contribution in [0.3, 0.4) is 0 Å². The molecule has 0 fully saturated rings. The highest BCUT2D eigenvalue weighted by molar-refractivity contribution is 5.96. The molecule has 0 spiro atoms. The van der Waals surface area contributed by atoms with Crippen molar-refractivity contribution in [1.82, 2.24) is 10.7 Å². The predicted molar refractivity (Wildman–Crippen MR) is 69.2 cm³/mol. The van der Waals surface area contributed by atoms with E-state index >= 15 is 0 Å². The first kappa shape index (κ1) is 13.9. The second-order valence-electron chi connectivity index (χ2n) is 3.72. The van der Waals surface area contributed by atoms with Gasteiger partial charge >= 0.3 is 0 Å². The lowest BCUT2D eigenvalue weighted by atomic mass is 10.1. The molecule has 0 aliphatic rings. The Balaban J connectivity index is 2.16. The van der Waals surface area contributed by atoms with Crippen molar-refractivity contribution in [2.75, 3.05) is 6.54 Å². The van der Waals surface area contributed by atoms with Crippen molar-refractivity contribution in [1.29, 1.82) is 0 Å². The van der Waals surface area contributed by atoms with Crippen LogP contribution >= 0.6 is 0 Å². The van der Waals surface area contributed by atoms with Crippen LogP contribution in [0.25, 0.3) is 0 Å². The average Bonchev–Trinajstić information content (AvgIpc) is 2.42. The Labute approximate surface area is 106 Å². The summed E-state index contributed by atoms with van der Waals surface area (Å²) in [6.07, 6.45) is 4.01. The normalized spacial score (nSPS) is 10.3. The summed E-state index contributed by atoms with van der Waals surface area (Å²) < 4.78 is 0. The Hall–Kier alpha value is -2.14. The van der Waals surface area contributed by atoms with Gasteiger partial charge in [0, 0.05) is 18.7 Å². The van der Waals surface area contributed by atoms with Gasteiger partial charge in [-0.25, -0.2) is 5.84 Å². The molecule has 2 amide bonds. The van der Waals surface area contributed by atoms with Crippen LogP contribution in [0.1, 0.15) is 12.0 Å². The van der Waals surface area contributed by atoms with Gasteiger partial charge in [0.25, 0.3) is 5.91 Å². The van der Waals surface area contributed by atoms with Gasteiger partial charge in [-0.2, -0.15) is 0 Å². The molecule has 18 heavy (non-hydrogen) atoms. The zero-order valence-corrected chi connectivity index (χ0v) is 10.1. The average molecular weight is 247 g/mol. The summed E-state index contributed by atoms with van der Waals surface area (Å²) in [6.45, 7) is 0.572. The fourth-order valence-corrected chi connectivity index (χ4v) is 1.41. The summed E-state index contributed by atoms with van der Waals surface area (Å²) in [5, 5.41) is 2.69. The highest BCUT2D eigenvalue weighted by atomic mass is 16.2. The van der Waals surface area contributed by atoms with Crippen molar-refractivity contribution in [2.24, 2.45) is 5.84 Å². The zero-order valence-electron chi connectivity index (χ0n) is 10.1. The molecule has 0 aromatic heterocycles. The standard InChI is InChI=1S/C13H17N3O2/c14-16-13(18)9-8-12(17)15-10-4-7-11-5-2-1-3-6-11/h1-3,5-6,8-9H,4,7,10,14H2,(H,15,17)(H,16,18)/b9-8+. The first-order valence-corrected chi connectivity index (χ1v) is 5.73. The Morgan fingerprint density at radius 1 is 1.11 bits per heavy atom. The van der Waals surface area contributed by atoms with E-state index in [1.165, 1.54) is 5.56 Å². The maximum Gasteiger partial charge on any atom is 0.258 e. The maximum absolute atomic E-state index is 11.3. The molecule has 0 saturated carbocycles. The molecule has 0 unspecified atom stereocenters. The van der Waals surface area contributed by atoms with Gasteiger partial charge in [-0.1, -0.05) is 30.3 Å². The molecule has 5 heteroatoms. The second kappa shape index (κ2) is 8.03. The molecule has 1 rings (SSSR count). The number of aryl methyl sites for hydroxylation is 1. The molecule has 1 aromatic carbocycles. The molecular weight excluding hydrogens is 230 g/mol. The monoisotopic (exact) mass is 247 g/mol. The predicted octanol–water partition coefficient (Wildman–Crippen LogP) is 0.282. The highest BCUT2D eigenvalue weighted by Gasteiger charge is 1.97. The highest BCUT2D eigenvalue weighted by Crippen LogP contribution is 2.01. The van der Waals surface area contributed by atoms with E-state index in [9.17, 15) is 9.59 Å². The largest absolute Gasteiger partial charge is 0.353 e. The maximum atomic E-state index is 11.3. The smallest absolute Gasteiger partial charge is 0.258 e. The number of nitrogens with two attached hydrogens (primary N) is 1. The molecule has 0 atom stereocenters. The molecule has 0 aliphatic heterocycles. The molecule has 0 bridgehead atoms. The quantitative estimate of drug-likeness (QED) is 0.222. The number of amides is 2. The summed E-state index contributed by atoms with van der Waals surface area (Å²) >= 11 is 0. The van der Waals surface area contributed by atoms with Crippen molar-refractivity contribution in [2.45, 2.75) is 12.8 Å². The van der Waals surface area contributed by atoms with Gasteiger partial charge in [-0.05, 0) is 18.4 Å². The molecule has 0 heterocycles. The molecule has 0 saturated heterocycles. The number of nitrogens with one attached hydrogen (secondary N) is 2. The van der Waals surface area contributed by atoms with Crippen molar-refractivity contribution in [3.63, 3.8) is 0 Å². The summed E-state index contributed by atoms with van der Waals surface area (Å²) in [6, 6.07) is 10.0. The van der Waals surface area contributed by atoms with E-state index in [0.717, 1.165) is 25.0 Å². The van der Waals surface area contributed by atoms with Crippen molar-refractivity contribution < 1.29 is 9.59 Å². The first-order chi connectivity index (χ1) is 8.72. The van der Waals surface area contributed by atoms with E-state index < -0.39 is 5.91 Å². The SMILES string of the molecule is NNC(=O)/C=C/C(=O)NCCCc1ccccc1. The van der Waals surface area contributed by atoms with Crippen LogP contribution in [0.15, 0.2) is 42.5 Å². The van der Waals surface area contributed by atoms with Crippen LogP contribution in [0, 0.1) is 0 Å². The van der Waals surface area contributed by atoms with E-state index in [1.54, 1.807) is 0 Å². The van der Waals surface area contributed by atoms with Gasteiger partial charge in [-0.3, -0.25) is 15.0 Å². The minimum absolute atomic E-state index is 0.299. The minimum Gasteiger partial charge on any atom is -0.353 e. The molecule has 1 aromatic rings. The Morgan fingerprint density at radius 2 is 1.78 bits per heavy atom. The number of carbonyl (C=O) groups excluding carboxylic acids is 2. The van der Waals surface area contributed by atoms with Gasteiger partial charge in [0.2, 0.25) is 5.91 Å². The summed E-state index contributed by atoms with van der Waals surface area (Å²) in [4.78, 5) is 22.0. The first-order valence-electron chi connectivity index (χ1n) is 5.73. The molecule has 0 aliphatic carbocycles. The molecule has 0 radical (unpaired) electrons. The second-order valence-corrected chi connectivity index (χ2v) is 3.72. The van der Waals surface area contributed by atoms with E-state index in [4.69, 9.17) is 5.84 Å². The van der Waals surface area contributed by atoms with Crippen LogP contribution in [0.5, 0.6) is 0 Å². The van der Waals surface area contributed by atoms with Crippen molar-refractivity contribution in [3.05, 3.63) is 48.0 Å². The third-order valence-electron chi connectivity index (χ3n) is 2.31. The van der Waals surface area contributed by atoms with Crippen molar-refractivity contribution >= 4 is 11.8 Å². The number of rotatable bonds is 6. The summed E-state index contributed by atoms with van der Waals surface area (Å²) in [7, 11) is 0. The topological polar surface area (TPSA) is 84.2 Å². The van der Waals surface area contributed by atoms with Crippen LogP contribution < -0.4 is 16.6 Å². The summed E-state index contributed by atoms with van der Waals surface area (Å²) in [5.41, 5.74) is 3.14. The lowest BCUT2D eigenvalue weighted by molar-refractivity contribution is -0.118. The lowest BCUT2D eigenvalue weighted by Crippen LogP contribution is -2.29. The van der Waals surface area contributed by atoms with E-state index in [1.807, 2.05) is 35.8 Å². The van der Waals surface area contributed by atoms with Gasteiger partial charge in [0.05, 0.1) is 0 Å². The van der Waals surface area contributed by atoms with Crippen LogP contribution in [-0.2, 0) is 16.0 Å². The van der Waals surface area contributed by atoms with Crippen LogP contribution in [-0.4, -0.2) is 18.4 Å². The number of benzene rings is 1. The zero-order chi connectivity index (χ0) is 13.2. The Kier molecular flexibility index (Phi) is 6.21. The molecule has 96 valence electrons. The van der Waals surface area contributed by atoms with Crippen LogP contribution in [0.4, 0.5) is 0 Å². The fraction of sp³-hybridized carbons (Fsp3) is 0.231. The molecule has 5 nitrogen and oxygen atoms in total. The molecular formula is C13H17N3O2. The fourth-order valence-electron chi connectivity index (χ4n) is 1.41. The number of hydrogen-bond donors (Lipinski definition) is 3. The van der Waals surface area contributed by atoms with Gasteiger partial charge in [0.1, 0.15) is 0 Å². The minimum atomic E-state index is -0.505. The van der Waals surface area contributed by atoms with E-state index in [-0.39, 0.29) is 5.91 Å². The number of hydrogen-bond acceptors (Lipinski definition) is 3. The van der Waals surface area contributed by atoms with E-state index in [2.05, 4.69) is 5.32 Å². The third-order valence-corrected chi connectivity index (χ3v) is 2.31. The van der Waals surface area contributed by atoms with Crippen LogP contribution in [0.2, 0.25) is 0 Å². The molecule has 4 N–H and O–H groups in total. The Bertz CT molecular complexity index is 416. The number of hydrazine groups is 1. The van der Waals surface area contributed by atoms with Gasteiger partial charge < -0.3 is 5.32 Å². The summed E-state index contributed by atoms with van der Waals surface area (Å²) in [5.74, 6) is 4.06. The van der Waals surface area contributed by atoms with E-state index in [0.29, 0.717) is 6.54 Å². The van der Waals surface area contributed by atoms with Gasteiger partial charge in [-0.15, -0.1) is 0 Å². The lowest BCUT2D eigenvalue weighted by Gasteiger charge is -2.02. The third kappa shape index (κ3) is 5.81. The Morgan fingerprint density at radius 3 is 2.44 bits per heavy atom. The van der Waals surface area contributed by atoms with Crippen molar-refractivity contribution in [3.8, 4) is 0 Å². The number of carbonyl (C=O) groups is 2.